The lowest BCUT2D eigenvalue weighted by molar-refractivity contribution is -0.914. The van der Waals surface area contributed by atoms with E-state index in [1.165, 1.54) is 41.0 Å². The van der Waals surface area contributed by atoms with Crippen LogP contribution in [0.25, 0.3) is 0 Å². The van der Waals surface area contributed by atoms with Crippen LogP contribution in [0.2, 0.25) is 0 Å². The van der Waals surface area contributed by atoms with E-state index in [9.17, 15) is 14.9 Å². The van der Waals surface area contributed by atoms with Crippen molar-refractivity contribution >= 4 is 17.3 Å². The van der Waals surface area contributed by atoms with E-state index >= 15 is 0 Å². The van der Waals surface area contributed by atoms with Gasteiger partial charge in [0.15, 0.2) is 0 Å². The average molecular weight is 384 g/mol. The van der Waals surface area contributed by atoms with E-state index in [1.54, 1.807) is 6.07 Å². The van der Waals surface area contributed by atoms with Crippen LogP contribution in [0.15, 0.2) is 36.4 Å². The Morgan fingerprint density at radius 2 is 1.75 bits per heavy atom. The minimum atomic E-state index is -0.535. The van der Waals surface area contributed by atoms with Crippen LogP contribution in [-0.4, -0.2) is 44.2 Å². The summed E-state index contributed by atoms with van der Waals surface area (Å²) < 4.78 is 4.82. The number of carbonyl (C=O) groups is 1. The van der Waals surface area contributed by atoms with E-state index in [-0.39, 0.29) is 11.3 Å². The van der Waals surface area contributed by atoms with E-state index < -0.39 is 10.9 Å². The molecule has 0 radical (unpaired) electrons. The van der Waals surface area contributed by atoms with Gasteiger partial charge in [0.05, 0.1) is 49.3 Å². The number of methoxy groups -OCH3 is 1. The van der Waals surface area contributed by atoms with Gasteiger partial charge in [0.2, 0.25) is 0 Å². The third-order valence-electron chi connectivity index (χ3n) is 5.41. The van der Waals surface area contributed by atoms with Gasteiger partial charge in [0, 0.05) is 11.8 Å². The molecule has 28 heavy (non-hydrogen) atoms. The van der Waals surface area contributed by atoms with E-state index in [2.05, 4.69) is 36.9 Å². The number of nitro benzene ring substituents is 1. The van der Waals surface area contributed by atoms with Gasteiger partial charge in [0.1, 0.15) is 6.54 Å². The van der Waals surface area contributed by atoms with Crippen LogP contribution in [0.5, 0.6) is 0 Å². The lowest BCUT2D eigenvalue weighted by Crippen LogP contribution is -3.13. The van der Waals surface area contributed by atoms with Gasteiger partial charge in [-0.1, -0.05) is 24.3 Å². The molecule has 7 heteroatoms. The molecule has 148 valence electrons. The van der Waals surface area contributed by atoms with Gasteiger partial charge in [-0.2, -0.15) is 0 Å². The number of piperazine rings is 1. The minimum Gasteiger partial charge on any atom is -0.465 e. The van der Waals surface area contributed by atoms with E-state index in [4.69, 9.17) is 4.74 Å². The average Bonchev–Trinajstić information content (AvgIpc) is 2.68. The van der Waals surface area contributed by atoms with Crippen molar-refractivity contribution in [3.05, 3.63) is 68.8 Å². The van der Waals surface area contributed by atoms with Crippen LogP contribution in [0.4, 0.5) is 11.4 Å². The summed E-state index contributed by atoms with van der Waals surface area (Å²) in [6.07, 6.45) is 0. The number of hydrogen-bond acceptors (Lipinski definition) is 5. The number of carbonyl (C=O) groups excluding carboxylic acids is 1. The zero-order valence-corrected chi connectivity index (χ0v) is 16.5. The number of nitro groups is 1. The lowest BCUT2D eigenvalue weighted by atomic mass is 10.0. The fraction of sp³-hybridized carbons (Fsp3) is 0.381. The minimum absolute atomic E-state index is 0.0208. The van der Waals surface area contributed by atoms with Crippen LogP contribution in [0, 0.1) is 24.0 Å². The van der Waals surface area contributed by atoms with Crippen molar-refractivity contribution in [3.63, 3.8) is 0 Å². The zero-order valence-electron chi connectivity index (χ0n) is 16.5. The van der Waals surface area contributed by atoms with Crippen molar-refractivity contribution in [1.29, 1.82) is 0 Å². The Labute approximate surface area is 164 Å². The van der Waals surface area contributed by atoms with Crippen molar-refractivity contribution in [2.24, 2.45) is 0 Å². The number of nitrogens with zero attached hydrogens (tertiary/aromatic N) is 2. The monoisotopic (exact) mass is 384 g/mol. The van der Waals surface area contributed by atoms with Gasteiger partial charge in [-0.3, -0.25) is 10.1 Å². The molecule has 7 nitrogen and oxygen atoms in total. The lowest BCUT2D eigenvalue weighted by Gasteiger charge is -2.35. The summed E-state index contributed by atoms with van der Waals surface area (Å²) >= 11 is 0. The Hall–Kier alpha value is -2.93. The van der Waals surface area contributed by atoms with E-state index in [0.717, 1.165) is 26.2 Å². The highest BCUT2D eigenvalue weighted by molar-refractivity contribution is 5.92. The Kier molecular flexibility index (Phi) is 5.94. The molecule has 0 spiro atoms. The maximum absolute atomic E-state index is 12.1. The number of quaternary nitrogens is 1. The van der Waals surface area contributed by atoms with Crippen LogP contribution in [0.1, 0.15) is 27.0 Å². The van der Waals surface area contributed by atoms with Gasteiger partial charge in [-0.15, -0.1) is 0 Å². The van der Waals surface area contributed by atoms with Crippen LogP contribution < -0.4 is 9.80 Å². The largest absolute Gasteiger partial charge is 0.465 e. The standard InChI is InChI=1S/C21H25N3O4/c1-15-6-4-7-16(2)20(15)23-12-10-22(11-13-23)14-18-17(21(25)28-3)8-5-9-19(18)24(26)27/h4-9H,10-14H2,1-3H3/p+1. The first kappa shape index (κ1) is 19.8. The number of hydrogen-bond donors (Lipinski definition) is 1. The smallest absolute Gasteiger partial charge is 0.338 e. The Morgan fingerprint density at radius 3 is 2.32 bits per heavy atom. The zero-order chi connectivity index (χ0) is 20.3. The third-order valence-corrected chi connectivity index (χ3v) is 5.41. The number of benzene rings is 2. The molecule has 0 saturated carbocycles. The number of para-hydroxylation sites is 1. The molecule has 0 amide bonds. The second-order valence-electron chi connectivity index (χ2n) is 7.21. The molecule has 0 bridgehead atoms. The van der Waals surface area contributed by atoms with E-state index in [0.29, 0.717) is 12.1 Å². The quantitative estimate of drug-likeness (QED) is 0.484. The summed E-state index contributed by atoms with van der Waals surface area (Å²) in [6, 6.07) is 10.9. The van der Waals surface area contributed by atoms with Gasteiger partial charge in [0.25, 0.3) is 5.69 Å². The predicted molar refractivity (Wildman–Crippen MR) is 107 cm³/mol. The summed E-state index contributed by atoms with van der Waals surface area (Å²) in [5.41, 5.74) is 4.51. The van der Waals surface area contributed by atoms with Crippen LogP contribution in [0.3, 0.4) is 0 Å². The molecular weight excluding hydrogens is 358 g/mol. The molecule has 1 N–H and O–H groups in total. The number of ether oxygens (including phenoxy) is 1. The molecule has 0 unspecified atom stereocenters. The van der Waals surface area contributed by atoms with Crippen molar-refractivity contribution in [3.8, 4) is 0 Å². The predicted octanol–water partition coefficient (Wildman–Crippen LogP) is 1.90. The van der Waals surface area contributed by atoms with E-state index in [1.807, 2.05) is 0 Å². The maximum atomic E-state index is 12.1. The number of aryl methyl sites for hydroxylation is 2. The molecule has 1 aliphatic rings. The van der Waals surface area contributed by atoms with Crippen molar-refractivity contribution in [2.45, 2.75) is 20.4 Å². The fourth-order valence-corrected chi connectivity index (χ4v) is 4.01. The number of nitrogens with one attached hydrogen (secondary N) is 1. The third kappa shape index (κ3) is 3.99. The highest BCUT2D eigenvalue weighted by Crippen LogP contribution is 2.25. The number of rotatable bonds is 5. The summed E-state index contributed by atoms with van der Waals surface area (Å²) in [7, 11) is 1.29. The van der Waals surface area contributed by atoms with Gasteiger partial charge in [-0.05, 0) is 31.0 Å². The van der Waals surface area contributed by atoms with Crippen LogP contribution in [-0.2, 0) is 11.3 Å². The van der Waals surface area contributed by atoms with Gasteiger partial charge < -0.3 is 14.5 Å². The molecule has 2 aromatic carbocycles. The highest BCUT2D eigenvalue weighted by atomic mass is 16.6. The van der Waals surface area contributed by atoms with Crippen LogP contribution >= 0.6 is 0 Å². The number of anilines is 1. The summed E-state index contributed by atoms with van der Waals surface area (Å²) in [4.78, 5) is 26.8. The molecule has 1 heterocycles. The Morgan fingerprint density at radius 1 is 1.14 bits per heavy atom. The molecule has 3 rings (SSSR count). The van der Waals surface area contributed by atoms with Crippen molar-refractivity contribution in [1.82, 2.24) is 0 Å². The highest BCUT2D eigenvalue weighted by Gasteiger charge is 2.28. The Balaban J connectivity index is 1.78. The number of esters is 1. The Bertz CT molecular complexity index is 869. The summed E-state index contributed by atoms with van der Waals surface area (Å²) in [6.45, 7) is 8.11. The molecule has 1 fully saturated rings. The molecule has 2 aromatic rings. The molecule has 0 aliphatic carbocycles. The molecule has 0 aromatic heterocycles. The molecule has 1 aliphatic heterocycles. The van der Waals surface area contributed by atoms with Crippen molar-refractivity contribution in [2.75, 3.05) is 38.2 Å². The first-order valence-corrected chi connectivity index (χ1v) is 9.41. The first-order chi connectivity index (χ1) is 13.4. The van der Waals surface area contributed by atoms with Gasteiger partial charge in [-0.25, -0.2) is 4.79 Å². The topological polar surface area (TPSA) is 77.1 Å². The van der Waals surface area contributed by atoms with Gasteiger partial charge >= 0.3 is 5.97 Å². The molecular formula is C21H26N3O4+. The molecule has 1 saturated heterocycles. The summed E-state index contributed by atoms with van der Waals surface area (Å²) in [5.74, 6) is -0.535. The first-order valence-electron chi connectivity index (χ1n) is 9.41. The second kappa shape index (κ2) is 8.39. The normalized spacial score (nSPS) is 14.8. The maximum Gasteiger partial charge on any atom is 0.338 e. The second-order valence-corrected chi connectivity index (χ2v) is 7.21. The van der Waals surface area contributed by atoms with Crippen molar-refractivity contribution < 1.29 is 19.4 Å². The summed E-state index contributed by atoms with van der Waals surface area (Å²) in [5, 5.41) is 11.5. The fourth-order valence-electron chi connectivity index (χ4n) is 4.01. The SMILES string of the molecule is COC(=O)c1cccc([N+](=O)[O-])c1C[NH+]1CCN(c2c(C)cccc2C)CC1. The molecule has 0 atom stereocenters.